The fraction of sp³-hybridized carbons (Fsp3) is 0.581. The number of nitrogens with one attached hydrogen (secondary N) is 2. The molecule has 0 radical (unpaired) electrons. The van der Waals surface area contributed by atoms with Crippen molar-refractivity contribution in [3.63, 3.8) is 0 Å². The van der Waals surface area contributed by atoms with E-state index in [1.807, 2.05) is 41.3 Å². The van der Waals surface area contributed by atoms with Crippen LogP contribution in [0, 0.1) is 5.41 Å². The van der Waals surface area contributed by atoms with E-state index in [0.29, 0.717) is 28.2 Å². The summed E-state index contributed by atoms with van der Waals surface area (Å²) in [7, 11) is 0. The summed E-state index contributed by atoms with van der Waals surface area (Å²) < 4.78 is 37.4. The van der Waals surface area contributed by atoms with E-state index in [1.54, 1.807) is 0 Å². The van der Waals surface area contributed by atoms with E-state index in [1.165, 1.54) is 24.8 Å². The number of aliphatic hydroxyl groups is 1. The lowest BCUT2D eigenvalue weighted by atomic mass is 9.93. The molecule has 4 fully saturated rings. The van der Waals surface area contributed by atoms with E-state index in [0.717, 1.165) is 62.3 Å². The van der Waals surface area contributed by atoms with Crippen LogP contribution in [0.15, 0.2) is 36.4 Å². The fourth-order valence-corrected chi connectivity index (χ4v) is 6.50. The molecule has 4 aliphatic rings. The van der Waals surface area contributed by atoms with Gasteiger partial charge >= 0.3 is 0 Å². The Morgan fingerprint density at radius 3 is 2.24 bits per heavy atom. The van der Waals surface area contributed by atoms with Gasteiger partial charge in [-0.2, -0.15) is 0 Å². The Labute approximate surface area is 245 Å². The second kappa shape index (κ2) is 11.9. The first-order valence-corrected chi connectivity index (χ1v) is 15.9. The molecule has 0 unspecified atom stereocenters. The summed E-state index contributed by atoms with van der Waals surface area (Å²) in [5.74, 6) is -1.58. The first-order valence-electron chi connectivity index (χ1n) is 15.0. The summed E-state index contributed by atoms with van der Waals surface area (Å²) in [5, 5.41) is 12.2. The van der Waals surface area contributed by atoms with Crippen LogP contribution in [0.4, 0.5) is 31.5 Å². The number of hydrogen-bond acceptors (Lipinski definition) is 7. The van der Waals surface area contributed by atoms with Gasteiger partial charge in [-0.05, 0) is 86.8 Å². The molecule has 1 spiro atoms. The van der Waals surface area contributed by atoms with Crippen molar-refractivity contribution >= 4 is 40.6 Å². The van der Waals surface area contributed by atoms with Crippen molar-refractivity contribution in [1.29, 1.82) is 0 Å². The molecule has 0 bridgehead atoms. The minimum absolute atomic E-state index is 0.0888. The highest BCUT2D eigenvalue weighted by Crippen LogP contribution is 2.54. The molecule has 2 aliphatic carbocycles. The van der Waals surface area contributed by atoms with E-state index in [2.05, 4.69) is 14.9 Å². The monoisotopic (exact) mass is 586 g/mol. The van der Waals surface area contributed by atoms with Crippen LogP contribution >= 0.6 is 11.9 Å². The topological polar surface area (TPSA) is 77.1 Å². The lowest BCUT2D eigenvalue weighted by Crippen LogP contribution is -2.39. The Morgan fingerprint density at radius 1 is 0.927 bits per heavy atom. The second-order valence-corrected chi connectivity index (χ2v) is 12.9. The highest BCUT2D eigenvalue weighted by molar-refractivity contribution is 8.00. The molecule has 7 nitrogen and oxygen atoms in total. The Bertz CT molecular complexity index is 1230. The molecule has 41 heavy (non-hydrogen) atoms. The van der Waals surface area contributed by atoms with Gasteiger partial charge in [0.25, 0.3) is 11.8 Å². The van der Waals surface area contributed by atoms with Gasteiger partial charge in [-0.25, -0.2) is 8.78 Å². The Balaban J connectivity index is 1.23. The van der Waals surface area contributed by atoms with Crippen LogP contribution in [0.2, 0.25) is 0 Å². The average molecular weight is 587 g/mol. The van der Waals surface area contributed by atoms with Crippen LogP contribution in [0.25, 0.3) is 0 Å². The highest BCUT2D eigenvalue weighted by atomic mass is 32.2. The molecule has 0 atom stereocenters. The first kappa shape index (κ1) is 28.4. The van der Waals surface area contributed by atoms with Crippen LogP contribution < -0.4 is 24.6 Å². The number of carbonyl (C=O) groups is 1. The molecule has 2 heterocycles. The van der Waals surface area contributed by atoms with Gasteiger partial charge in [0, 0.05) is 56.1 Å². The molecule has 0 aromatic heterocycles. The average Bonchev–Trinajstić information content (AvgIpc) is 3.70. The van der Waals surface area contributed by atoms with Crippen LogP contribution in [-0.4, -0.2) is 61.6 Å². The number of aliphatic hydroxyl groups excluding tert-OH is 1. The molecule has 2 saturated carbocycles. The molecule has 2 aliphatic heterocycles. The van der Waals surface area contributed by atoms with E-state index >= 15 is 0 Å². The van der Waals surface area contributed by atoms with E-state index < -0.39 is 5.92 Å². The summed E-state index contributed by atoms with van der Waals surface area (Å²) in [4.78, 5) is 18.0. The standard InChI is InChI=1S/C31H40F2N4O3S/c32-31(33)12-16-37(17-13-31)27-20-22(5-7-28(27)40-24-2-1-3-24)34-29(39)25-6-4-23(35-41-19-18-38)21-26(25)36-14-10-30(8-9-30)11-15-36/h4-7,20-21,24,35,38H,1-3,8-19H2,(H,34,39). The summed E-state index contributed by atoms with van der Waals surface area (Å²) in [6.07, 6.45) is 7.82. The number of anilines is 4. The minimum Gasteiger partial charge on any atom is -0.488 e. The SMILES string of the molecule is O=C(Nc1ccc(OC2CCC2)c(N2CCC(F)(F)CC2)c1)c1ccc(NSCCO)cc1N1CCC2(CC1)CC2. The molecule has 2 aromatic carbocycles. The molecule has 10 heteroatoms. The third-order valence-corrected chi connectivity index (χ3v) is 9.91. The van der Waals surface area contributed by atoms with Gasteiger partial charge in [0.2, 0.25) is 0 Å². The molecular weight excluding hydrogens is 546 g/mol. The zero-order chi connectivity index (χ0) is 28.5. The third kappa shape index (κ3) is 6.69. The van der Waals surface area contributed by atoms with E-state index in [-0.39, 0.29) is 44.5 Å². The van der Waals surface area contributed by atoms with Crippen molar-refractivity contribution in [2.24, 2.45) is 5.41 Å². The molecule has 2 aromatic rings. The first-order chi connectivity index (χ1) is 19.8. The minimum atomic E-state index is -2.64. The normalized spacial score (nSPS) is 21.3. The predicted molar refractivity (Wildman–Crippen MR) is 162 cm³/mol. The number of piperidine rings is 2. The maximum atomic E-state index is 13.9. The molecule has 2 saturated heterocycles. The van der Waals surface area contributed by atoms with Crippen LogP contribution in [0.3, 0.4) is 0 Å². The molecular formula is C31H40F2N4O3S. The fourth-order valence-electron chi connectivity index (χ4n) is 6.01. The Kier molecular flexibility index (Phi) is 8.23. The number of rotatable bonds is 10. The molecule has 6 rings (SSSR count). The number of benzene rings is 2. The smallest absolute Gasteiger partial charge is 0.257 e. The number of hydrogen-bond donors (Lipinski definition) is 3. The van der Waals surface area contributed by atoms with Gasteiger partial charge in [-0.1, -0.05) is 11.9 Å². The quantitative estimate of drug-likeness (QED) is 0.216. The maximum Gasteiger partial charge on any atom is 0.257 e. The van der Waals surface area contributed by atoms with Gasteiger partial charge in [0.15, 0.2) is 0 Å². The van der Waals surface area contributed by atoms with Crippen molar-refractivity contribution in [3.8, 4) is 5.75 Å². The van der Waals surface area contributed by atoms with Crippen LogP contribution in [0.1, 0.15) is 68.1 Å². The summed E-state index contributed by atoms with van der Waals surface area (Å²) >= 11 is 1.43. The maximum absolute atomic E-state index is 13.9. The number of amides is 1. The number of nitrogens with zero attached hydrogens (tertiary/aromatic N) is 2. The van der Waals surface area contributed by atoms with E-state index in [4.69, 9.17) is 9.84 Å². The predicted octanol–water partition coefficient (Wildman–Crippen LogP) is 6.54. The summed E-state index contributed by atoms with van der Waals surface area (Å²) in [6.45, 7) is 2.42. The van der Waals surface area contributed by atoms with Crippen molar-refractivity contribution < 1.29 is 23.4 Å². The van der Waals surface area contributed by atoms with Crippen LogP contribution in [0.5, 0.6) is 5.75 Å². The van der Waals surface area contributed by atoms with Gasteiger partial charge in [-0.15, -0.1) is 0 Å². The lowest BCUT2D eigenvalue weighted by Gasteiger charge is -2.36. The summed E-state index contributed by atoms with van der Waals surface area (Å²) in [6, 6.07) is 11.3. The second-order valence-electron chi connectivity index (χ2n) is 12.0. The molecule has 222 valence electrons. The molecule has 1 amide bonds. The largest absolute Gasteiger partial charge is 0.488 e. The van der Waals surface area contributed by atoms with Crippen molar-refractivity contribution in [2.45, 2.75) is 69.8 Å². The van der Waals surface area contributed by atoms with E-state index in [9.17, 15) is 13.6 Å². The number of halogens is 2. The van der Waals surface area contributed by atoms with Crippen LogP contribution in [-0.2, 0) is 0 Å². The van der Waals surface area contributed by atoms with Crippen molar-refractivity contribution in [3.05, 3.63) is 42.0 Å². The summed E-state index contributed by atoms with van der Waals surface area (Å²) in [5.41, 5.74) is 4.29. The van der Waals surface area contributed by atoms with Gasteiger partial charge < -0.3 is 29.7 Å². The van der Waals surface area contributed by atoms with Gasteiger partial charge in [0.05, 0.1) is 29.6 Å². The number of ether oxygens (including phenoxy) is 1. The third-order valence-electron chi connectivity index (χ3n) is 9.15. The Hall–Kier alpha value is -2.72. The number of carbonyl (C=O) groups excluding carboxylic acids is 1. The lowest BCUT2D eigenvalue weighted by molar-refractivity contribution is -0.0221. The van der Waals surface area contributed by atoms with Gasteiger partial charge in [-0.3, -0.25) is 4.79 Å². The molecule has 3 N–H and O–H groups in total. The highest BCUT2D eigenvalue weighted by Gasteiger charge is 2.44. The zero-order valence-electron chi connectivity index (χ0n) is 23.5. The van der Waals surface area contributed by atoms with Crippen molar-refractivity contribution in [2.75, 3.05) is 58.4 Å². The van der Waals surface area contributed by atoms with Crippen molar-refractivity contribution in [1.82, 2.24) is 0 Å². The zero-order valence-corrected chi connectivity index (χ0v) is 24.3. The number of alkyl halides is 2. The Morgan fingerprint density at radius 2 is 1.59 bits per heavy atom. The van der Waals surface area contributed by atoms with Gasteiger partial charge in [0.1, 0.15) is 5.75 Å².